The smallest absolute Gasteiger partial charge is 0.279 e. The molecule has 0 bridgehead atoms. The number of aryl methyl sites for hydroxylation is 1. The molecule has 4 rings (SSSR count). The Morgan fingerprint density at radius 2 is 1.93 bits per heavy atom. The number of methoxy groups -OCH3 is 2. The van der Waals surface area contributed by atoms with Gasteiger partial charge in [-0.3, -0.25) is 4.79 Å². The lowest BCUT2D eigenvalue weighted by Gasteiger charge is -2.34. The summed E-state index contributed by atoms with van der Waals surface area (Å²) in [6, 6.07) is 16.4. The molecule has 0 radical (unpaired) electrons. The van der Waals surface area contributed by atoms with Crippen molar-refractivity contribution in [2.45, 2.75) is 19.4 Å². The van der Waals surface area contributed by atoms with Gasteiger partial charge in [-0.25, -0.2) is 0 Å². The van der Waals surface area contributed by atoms with Crippen LogP contribution in [0.5, 0.6) is 11.5 Å². The Hall–Kier alpha value is -2.83. The highest BCUT2D eigenvalue weighted by Crippen LogP contribution is 2.37. The van der Waals surface area contributed by atoms with E-state index in [4.69, 9.17) is 9.47 Å². The number of anilines is 1. The van der Waals surface area contributed by atoms with E-state index in [1.807, 2.05) is 31.2 Å². The van der Waals surface area contributed by atoms with Crippen LogP contribution >= 0.6 is 11.3 Å². The van der Waals surface area contributed by atoms with Crippen LogP contribution in [0.2, 0.25) is 0 Å². The van der Waals surface area contributed by atoms with Gasteiger partial charge in [-0.2, -0.15) is 0 Å². The van der Waals surface area contributed by atoms with Gasteiger partial charge in [-0.15, -0.1) is 11.3 Å². The molecule has 5 nitrogen and oxygen atoms in total. The van der Waals surface area contributed by atoms with Gasteiger partial charge in [0.1, 0.15) is 6.04 Å². The SMILES string of the molecule is COc1cc2c(cc1OC)[C@H](c1cccs1)[NH+](CC(=O)Nc1cccc(C)c1)CC2. The highest BCUT2D eigenvalue weighted by molar-refractivity contribution is 7.10. The molecule has 30 heavy (non-hydrogen) atoms. The summed E-state index contributed by atoms with van der Waals surface area (Å²) in [7, 11) is 3.32. The maximum atomic E-state index is 12.9. The lowest BCUT2D eigenvalue weighted by atomic mass is 9.91. The molecule has 1 aromatic heterocycles. The van der Waals surface area contributed by atoms with Gasteiger partial charge in [0.15, 0.2) is 18.0 Å². The van der Waals surface area contributed by atoms with Crippen LogP contribution in [0.25, 0.3) is 0 Å². The molecule has 1 aliphatic heterocycles. The second kappa shape index (κ2) is 8.90. The van der Waals surface area contributed by atoms with E-state index in [1.165, 1.54) is 20.9 Å². The Labute approximate surface area is 181 Å². The van der Waals surface area contributed by atoms with Gasteiger partial charge >= 0.3 is 0 Å². The van der Waals surface area contributed by atoms with Gasteiger partial charge in [-0.05, 0) is 53.8 Å². The van der Waals surface area contributed by atoms with E-state index >= 15 is 0 Å². The molecule has 3 aromatic rings. The first kappa shape index (κ1) is 20.4. The third-order valence-corrected chi connectivity index (χ3v) is 6.53. The van der Waals surface area contributed by atoms with E-state index in [2.05, 4.69) is 35.0 Å². The molecule has 2 atom stereocenters. The first-order chi connectivity index (χ1) is 14.6. The van der Waals surface area contributed by atoms with Crippen LogP contribution in [-0.4, -0.2) is 33.2 Å². The normalized spacial score (nSPS) is 17.8. The van der Waals surface area contributed by atoms with Crippen LogP contribution in [0.15, 0.2) is 53.9 Å². The Morgan fingerprint density at radius 3 is 2.63 bits per heavy atom. The zero-order valence-electron chi connectivity index (χ0n) is 17.5. The first-order valence-corrected chi connectivity index (χ1v) is 11.0. The Morgan fingerprint density at radius 1 is 1.13 bits per heavy atom. The number of hydrogen-bond donors (Lipinski definition) is 2. The molecular formula is C24H27N2O3S+. The van der Waals surface area contributed by atoms with Crippen LogP contribution < -0.4 is 19.7 Å². The minimum atomic E-state index is 0.0288. The van der Waals surface area contributed by atoms with Gasteiger partial charge in [0.2, 0.25) is 0 Å². The topological polar surface area (TPSA) is 52.0 Å². The van der Waals surface area contributed by atoms with Crippen LogP contribution in [0.1, 0.15) is 27.6 Å². The number of fused-ring (bicyclic) bond motifs is 1. The fraction of sp³-hybridized carbons (Fsp3) is 0.292. The number of benzene rings is 2. The molecule has 2 heterocycles. The summed E-state index contributed by atoms with van der Waals surface area (Å²) in [5.74, 6) is 1.51. The van der Waals surface area contributed by atoms with Crippen molar-refractivity contribution in [1.82, 2.24) is 0 Å². The molecule has 1 aliphatic rings. The van der Waals surface area contributed by atoms with Crippen molar-refractivity contribution in [3.63, 3.8) is 0 Å². The van der Waals surface area contributed by atoms with Crippen LogP contribution in [0.3, 0.4) is 0 Å². The van der Waals surface area contributed by atoms with Crippen molar-refractivity contribution in [1.29, 1.82) is 0 Å². The molecule has 0 spiro atoms. The zero-order valence-corrected chi connectivity index (χ0v) is 18.3. The summed E-state index contributed by atoms with van der Waals surface area (Å²) in [5, 5.41) is 5.15. The van der Waals surface area contributed by atoms with E-state index in [-0.39, 0.29) is 11.9 Å². The van der Waals surface area contributed by atoms with Gasteiger partial charge in [0, 0.05) is 17.7 Å². The summed E-state index contributed by atoms with van der Waals surface area (Å²) in [6.07, 6.45) is 0.893. The lowest BCUT2D eigenvalue weighted by molar-refractivity contribution is -0.919. The molecule has 6 heteroatoms. The number of nitrogens with one attached hydrogen (secondary N) is 2. The monoisotopic (exact) mass is 423 g/mol. The Bertz CT molecular complexity index is 1030. The van der Waals surface area contributed by atoms with Gasteiger partial charge in [-0.1, -0.05) is 18.2 Å². The number of hydrogen-bond acceptors (Lipinski definition) is 4. The second-order valence-electron chi connectivity index (χ2n) is 7.61. The third-order valence-electron chi connectivity index (χ3n) is 5.60. The van der Waals surface area contributed by atoms with Crippen molar-refractivity contribution in [3.8, 4) is 11.5 Å². The van der Waals surface area contributed by atoms with Crippen molar-refractivity contribution in [2.75, 3.05) is 32.6 Å². The highest BCUT2D eigenvalue weighted by atomic mass is 32.1. The lowest BCUT2D eigenvalue weighted by Crippen LogP contribution is -3.14. The molecule has 2 N–H and O–H groups in total. The maximum absolute atomic E-state index is 12.9. The van der Waals surface area contributed by atoms with Gasteiger partial charge in [0.25, 0.3) is 5.91 Å². The van der Waals surface area contributed by atoms with E-state index in [1.54, 1.807) is 25.6 Å². The number of carbonyl (C=O) groups excluding carboxylic acids is 1. The van der Waals surface area contributed by atoms with E-state index in [9.17, 15) is 4.79 Å². The Balaban J connectivity index is 1.63. The zero-order chi connectivity index (χ0) is 21.1. The van der Waals surface area contributed by atoms with Crippen LogP contribution in [-0.2, 0) is 11.2 Å². The summed E-state index contributed by atoms with van der Waals surface area (Å²) in [5.41, 5.74) is 4.44. The molecule has 0 fully saturated rings. The van der Waals surface area contributed by atoms with E-state index < -0.39 is 0 Å². The van der Waals surface area contributed by atoms with Crippen LogP contribution in [0.4, 0.5) is 5.69 Å². The second-order valence-corrected chi connectivity index (χ2v) is 8.59. The molecule has 2 aromatic carbocycles. The molecule has 156 valence electrons. The van der Waals surface area contributed by atoms with Crippen molar-refractivity contribution < 1.29 is 19.2 Å². The maximum Gasteiger partial charge on any atom is 0.279 e. The highest BCUT2D eigenvalue weighted by Gasteiger charge is 2.35. The van der Waals surface area contributed by atoms with Gasteiger partial charge < -0.3 is 19.7 Å². The number of ether oxygens (including phenoxy) is 2. The minimum Gasteiger partial charge on any atom is -0.493 e. The fourth-order valence-electron chi connectivity index (χ4n) is 4.22. The number of quaternary nitrogens is 1. The van der Waals surface area contributed by atoms with E-state index in [0.717, 1.165) is 35.7 Å². The summed E-state index contributed by atoms with van der Waals surface area (Å²) < 4.78 is 11.1. The summed E-state index contributed by atoms with van der Waals surface area (Å²) in [6.45, 7) is 3.31. The average Bonchev–Trinajstić information content (AvgIpc) is 3.26. The summed E-state index contributed by atoms with van der Waals surface area (Å²) in [4.78, 5) is 15.4. The largest absolute Gasteiger partial charge is 0.493 e. The molecular weight excluding hydrogens is 396 g/mol. The standard InChI is InChI=1S/C24H26N2O3S/c1-16-6-4-7-18(12-16)25-23(27)15-26-10-9-17-13-20(28-2)21(29-3)14-19(17)24(26)22-8-5-11-30-22/h4-8,11-14,24H,9-10,15H2,1-3H3,(H,25,27)/p+1/t24-/m1/s1. The Kier molecular flexibility index (Phi) is 6.06. The minimum absolute atomic E-state index is 0.0288. The molecule has 0 saturated carbocycles. The first-order valence-electron chi connectivity index (χ1n) is 10.1. The third kappa shape index (κ3) is 4.20. The quantitative estimate of drug-likeness (QED) is 0.640. The van der Waals surface area contributed by atoms with Crippen molar-refractivity contribution >= 4 is 22.9 Å². The predicted molar refractivity (Wildman–Crippen MR) is 120 cm³/mol. The van der Waals surface area contributed by atoms with Gasteiger partial charge in [0.05, 0.1) is 25.6 Å². The predicted octanol–water partition coefficient (Wildman–Crippen LogP) is 3.24. The summed E-state index contributed by atoms with van der Waals surface area (Å²) >= 11 is 1.73. The van der Waals surface area contributed by atoms with E-state index in [0.29, 0.717) is 6.54 Å². The fourth-order valence-corrected chi connectivity index (χ4v) is 5.12. The average molecular weight is 424 g/mol. The molecule has 0 saturated heterocycles. The molecule has 1 unspecified atom stereocenters. The molecule has 1 amide bonds. The number of carbonyl (C=O) groups is 1. The van der Waals surface area contributed by atoms with Crippen molar-refractivity contribution in [3.05, 3.63) is 75.5 Å². The number of rotatable bonds is 6. The molecule has 0 aliphatic carbocycles. The number of amides is 1. The van der Waals surface area contributed by atoms with Crippen LogP contribution in [0, 0.1) is 6.92 Å². The van der Waals surface area contributed by atoms with Crippen molar-refractivity contribution in [2.24, 2.45) is 0 Å². The number of thiophene rings is 1.